The lowest BCUT2D eigenvalue weighted by Crippen LogP contribution is -2.29. The number of carbonyl (C=O) groups excluding carboxylic acids is 1. The van der Waals surface area contributed by atoms with Crippen LogP contribution in [0.15, 0.2) is 24.3 Å². The van der Waals surface area contributed by atoms with Gasteiger partial charge in [0.2, 0.25) is 5.91 Å². The summed E-state index contributed by atoms with van der Waals surface area (Å²) in [5.41, 5.74) is 5.97. The van der Waals surface area contributed by atoms with E-state index in [0.29, 0.717) is 5.69 Å². The van der Waals surface area contributed by atoms with Gasteiger partial charge < -0.3 is 15.7 Å². The molecule has 0 aromatic heterocycles. The number of hydrogen-bond acceptors (Lipinski definition) is 3. The number of thiocarbonyl (C=S) groups is 1. The van der Waals surface area contributed by atoms with Crippen LogP contribution >= 0.6 is 12.2 Å². The first-order valence-corrected chi connectivity index (χ1v) is 4.75. The van der Waals surface area contributed by atoms with Gasteiger partial charge in [-0.1, -0.05) is 12.2 Å². The van der Waals surface area contributed by atoms with E-state index in [-0.39, 0.29) is 23.1 Å². The first-order chi connectivity index (χ1) is 7.00. The predicted octanol–water partition coefficient (Wildman–Crippen LogP) is 1.03. The number of amides is 1. The standard InChI is InChI=1S/C10H12N2O2S/c1-12(10(14)6-9(11)15)7-2-4-8(13)5-3-7/h2-5,13H,6H2,1H3,(H2,11,15). The van der Waals surface area contributed by atoms with E-state index in [1.165, 1.54) is 17.0 Å². The highest BCUT2D eigenvalue weighted by atomic mass is 32.1. The SMILES string of the molecule is CN(C(=O)CC(N)=S)c1ccc(O)cc1. The second-order valence-electron chi connectivity index (χ2n) is 3.11. The maximum atomic E-state index is 11.5. The quantitative estimate of drug-likeness (QED) is 0.753. The van der Waals surface area contributed by atoms with E-state index >= 15 is 0 Å². The number of nitrogens with zero attached hydrogens (tertiary/aromatic N) is 1. The average Bonchev–Trinajstić information content (AvgIpc) is 2.17. The third kappa shape index (κ3) is 3.21. The van der Waals surface area contributed by atoms with Gasteiger partial charge in [-0.05, 0) is 24.3 Å². The van der Waals surface area contributed by atoms with E-state index in [2.05, 4.69) is 12.2 Å². The highest BCUT2D eigenvalue weighted by Gasteiger charge is 2.11. The Morgan fingerprint density at radius 2 is 2.00 bits per heavy atom. The third-order valence-corrected chi connectivity index (χ3v) is 2.08. The maximum absolute atomic E-state index is 11.5. The monoisotopic (exact) mass is 224 g/mol. The van der Waals surface area contributed by atoms with Crippen LogP contribution < -0.4 is 10.6 Å². The number of hydrogen-bond donors (Lipinski definition) is 2. The Kier molecular flexibility index (Phi) is 3.62. The molecule has 80 valence electrons. The van der Waals surface area contributed by atoms with Crippen molar-refractivity contribution in [2.45, 2.75) is 6.42 Å². The number of nitrogens with two attached hydrogens (primary N) is 1. The number of benzene rings is 1. The Balaban J connectivity index is 2.76. The fourth-order valence-corrected chi connectivity index (χ4v) is 1.21. The molecule has 0 heterocycles. The zero-order valence-electron chi connectivity index (χ0n) is 8.30. The van der Waals surface area contributed by atoms with E-state index in [1.54, 1.807) is 19.2 Å². The highest BCUT2D eigenvalue weighted by molar-refractivity contribution is 7.80. The van der Waals surface area contributed by atoms with Crippen molar-refractivity contribution in [2.24, 2.45) is 5.73 Å². The molecule has 1 aromatic rings. The van der Waals surface area contributed by atoms with Crippen molar-refractivity contribution in [1.29, 1.82) is 0 Å². The molecule has 0 atom stereocenters. The lowest BCUT2D eigenvalue weighted by molar-refractivity contribution is -0.117. The second-order valence-corrected chi connectivity index (χ2v) is 3.64. The summed E-state index contributed by atoms with van der Waals surface area (Å²) in [6.45, 7) is 0. The molecule has 0 saturated carbocycles. The predicted molar refractivity (Wildman–Crippen MR) is 62.9 cm³/mol. The van der Waals surface area contributed by atoms with Gasteiger partial charge in [0.05, 0.1) is 11.4 Å². The molecule has 1 aromatic carbocycles. The van der Waals surface area contributed by atoms with Crippen molar-refractivity contribution >= 4 is 28.8 Å². The van der Waals surface area contributed by atoms with Gasteiger partial charge >= 0.3 is 0 Å². The molecule has 15 heavy (non-hydrogen) atoms. The Hall–Kier alpha value is -1.62. The van der Waals surface area contributed by atoms with Crippen molar-refractivity contribution in [3.8, 4) is 5.75 Å². The molecule has 0 saturated heterocycles. The number of anilines is 1. The van der Waals surface area contributed by atoms with Crippen molar-refractivity contribution < 1.29 is 9.90 Å². The number of rotatable bonds is 3. The summed E-state index contributed by atoms with van der Waals surface area (Å²) in [7, 11) is 1.63. The van der Waals surface area contributed by atoms with E-state index in [9.17, 15) is 4.79 Å². The molecule has 0 aliphatic heterocycles. The van der Waals surface area contributed by atoms with Crippen molar-refractivity contribution in [2.75, 3.05) is 11.9 Å². The van der Waals surface area contributed by atoms with Crippen molar-refractivity contribution in [3.05, 3.63) is 24.3 Å². The summed E-state index contributed by atoms with van der Waals surface area (Å²) < 4.78 is 0. The Morgan fingerprint density at radius 1 is 1.47 bits per heavy atom. The van der Waals surface area contributed by atoms with Gasteiger partial charge in [-0.25, -0.2) is 0 Å². The largest absolute Gasteiger partial charge is 0.508 e. The maximum Gasteiger partial charge on any atom is 0.233 e. The minimum atomic E-state index is -0.173. The molecule has 0 bridgehead atoms. The number of phenolic OH excluding ortho intramolecular Hbond substituents is 1. The first-order valence-electron chi connectivity index (χ1n) is 4.34. The molecule has 0 fully saturated rings. The summed E-state index contributed by atoms with van der Waals surface area (Å²) in [4.78, 5) is 13.1. The van der Waals surface area contributed by atoms with Crippen molar-refractivity contribution in [3.63, 3.8) is 0 Å². The minimum absolute atomic E-state index is 0.0483. The van der Waals surface area contributed by atoms with Gasteiger partial charge in [0.15, 0.2) is 0 Å². The van der Waals surface area contributed by atoms with Crippen LogP contribution in [0.3, 0.4) is 0 Å². The summed E-state index contributed by atoms with van der Waals surface area (Å²) in [6.07, 6.45) is 0.0483. The highest BCUT2D eigenvalue weighted by Crippen LogP contribution is 2.17. The molecule has 0 radical (unpaired) electrons. The second kappa shape index (κ2) is 4.75. The fourth-order valence-electron chi connectivity index (χ4n) is 1.09. The van der Waals surface area contributed by atoms with Crippen molar-refractivity contribution in [1.82, 2.24) is 0 Å². The molecule has 0 spiro atoms. The van der Waals surface area contributed by atoms with E-state index in [0.717, 1.165) is 0 Å². The molecule has 1 rings (SSSR count). The molecular weight excluding hydrogens is 212 g/mol. The third-order valence-electron chi connectivity index (χ3n) is 1.94. The fraction of sp³-hybridized carbons (Fsp3) is 0.200. The first kappa shape index (κ1) is 11.5. The van der Waals surface area contributed by atoms with E-state index < -0.39 is 0 Å². The average molecular weight is 224 g/mol. The Morgan fingerprint density at radius 3 is 2.47 bits per heavy atom. The van der Waals surface area contributed by atoms with Crippen LogP contribution in [0.4, 0.5) is 5.69 Å². The smallest absolute Gasteiger partial charge is 0.233 e. The van der Waals surface area contributed by atoms with E-state index in [1.807, 2.05) is 0 Å². The lowest BCUT2D eigenvalue weighted by atomic mass is 10.2. The molecule has 5 heteroatoms. The van der Waals surface area contributed by atoms with Gasteiger partial charge in [0, 0.05) is 12.7 Å². The number of phenols is 1. The molecule has 0 unspecified atom stereocenters. The zero-order valence-corrected chi connectivity index (χ0v) is 9.12. The van der Waals surface area contributed by atoms with Gasteiger partial charge in [0.1, 0.15) is 5.75 Å². The molecular formula is C10H12N2O2S. The van der Waals surface area contributed by atoms with Gasteiger partial charge in [-0.2, -0.15) is 0 Å². The molecule has 4 nitrogen and oxygen atoms in total. The topological polar surface area (TPSA) is 66.6 Å². The van der Waals surface area contributed by atoms with Crippen LogP contribution in [0.2, 0.25) is 0 Å². The summed E-state index contributed by atoms with van der Waals surface area (Å²) in [5.74, 6) is -0.0119. The van der Waals surface area contributed by atoms with Crippen LogP contribution in [0.25, 0.3) is 0 Å². The van der Waals surface area contributed by atoms with Gasteiger partial charge in [-0.3, -0.25) is 4.79 Å². The summed E-state index contributed by atoms with van der Waals surface area (Å²) in [5, 5.41) is 9.08. The molecule has 0 aliphatic carbocycles. The normalized spacial score (nSPS) is 9.67. The van der Waals surface area contributed by atoms with Crippen LogP contribution in [0, 0.1) is 0 Å². The summed E-state index contributed by atoms with van der Waals surface area (Å²) >= 11 is 4.65. The summed E-state index contributed by atoms with van der Waals surface area (Å²) in [6, 6.07) is 6.32. The number of carbonyl (C=O) groups is 1. The van der Waals surface area contributed by atoms with Gasteiger partial charge in [0.25, 0.3) is 0 Å². The Labute approximate surface area is 93.3 Å². The lowest BCUT2D eigenvalue weighted by Gasteiger charge is -2.16. The molecule has 3 N–H and O–H groups in total. The zero-order chi connectivity index (χ0) is 11.4. The van der Waals surface area contributed by atoms with Gasteiger partial charge in [-0.15, -0.1) is 0 Å². The molecule has 0 aliphatic rings. The van der Waals surface area contributed by atoms with Crippen LogP contribution in [-0.2, 0) is 4.79 Å². The van der Waals surface area contributed by atoms with E-state index in [4.69, 9.17) is 10.8 Å². The minimum Gasteiger partial charge on any atom is -0.508 e. The Bertz CT molecular complexity index is 376. The molecule has 1 amide bonds. The van der Waals surface area contributed by atoms with Crippen LogP contribution in [-0.4, -0.2) is 23.0 Å². The van der Waals surface area contributed by atoms with Crippen LogP contribution in [0.1, 0.15) is 6.42 Å². The number of aromatic hydroxyl groups is 1. The van der Waals surface area contributed by atoms with Crippen LogP contribution in [0.5, 0.6) is 5.75 Å².